The predicted molar refractivity (Wildman–Crippen MR) is 159 cm³/mol. The second kappa shape index (κ2) is 12.6. The molecule has 0 aliphatic heterocycles. The zero-order valence-electron chi connectivity index (χ0n) is 23.8. The molecule has 5 rings (SSSR count). The fraction of sp³-hybridized carbons (Fsp3) is 0.214. The number of rotatable bonds is 12. The molecule has 0 amide bonds. The molecule has 0 fully saturated rings. The number of aromatic amines is 1. The number of imidazole rings is 1. The van der Waals surface area contributed by atoms with E-state index in [2.05, 4.69) is 35.6 Å². The monoisotopic (exact) mass is 591 g/mol. The number of H-pyrrole nitrogens is 1. The van der Waals surface area contributed by atoms with Gasteiger partial charge in [0.15, 0.2) is 28.2 Å². The molecule has 0 unspecified atom stereocenters. The number of hydrogen-bond acceptors (Lipinski definition) is 13. The molecule has 0 aliphatic carbocycles. The third-order valence-corrected chi connectivity index (χ3v) is 6.76. The van der Waals surface area contributed by atoms with Gasteiger partial charge in [-0.25, -0.2) is 4.98 Å². The van der Waals surface area contributed by atoms with Crippen molar-refractivity contribution >= 4 is 46.1 Å². The maximum absolute atomic E-state index is 5.49. The van der Waals surface area contributed by atoms with Crippen LogP contribution in [-0.2, 0) is 0 Å². The largest absolute Gasteiger partial charge is 0.493 e. The number of anilines is 4. The number of nitrogens with one attached hydrogen (secondary N) is 3. The number of para-hydroxylation sites is 2. The lowest BCUT2D eigenvalue weighted by Crippen LogP contribution is -2.06. The SMILES string of the molecule is COc1cc(Nc2nc(Nc3cc(OC)c(OC)c(OC)c3)nc(Sc3nc4ccccc4[nH]3)n2)cc(OC)c1OC. The molecule has 42 heavy (non-hydrogen) atoms. The van der Waals surface area contributed by atoms with E-state index >= 15 is 0 Å². The van der Waals surface area contributed by atoms with E-state index in [9.17, 15) is 0 Å². The first-order chi connectivity index (χ1) is 20.5. The number of benzene rings is 3. The van der Waals surface area contributed by atoms with Gasteiger partial charge in [-0.15, -0.1) is 0 Å². The Bertz CT molecular complexity index is 1550. The van der Waals surface area contributed by atoms with Crippen molar-refractivity contribution in [2.45, 2.75) is 10.3 Å². The molecule has 0 saturated carbocycles. The molecule has 2 heterocycles. The summed E-state index contributed by atoms with van der Waals surface area (Å²) in [5.41, 5.74) is 2.95. The number of nitrogens with zero attached hydrogens (tertiary/aromatic N) is 4. The summed E-state index contributed by atoms with van der Waals surface area (Å²) < 4.78 is 32.9. The van der Waals surface area contributed by atoms with E-state index in [4.69, 9.17) is 28.4 Å². The highest BCUT2D eigenvalue weighted by Crippen LogP contribution is 2.42. The number of methoxy groups -OCH3 is 6. The molecule has 3 aromatic carbocycles. The van der Waals surface area contributed by atoms with Gasteiger partial charge in [-0.2, -0.15) is 15.0 Å². The quantitative estimate of drug-likeness (QED) is 0.169. The lowest BCUT2D eigenvalue weighted by Gasteiger charge is -2.16. The van der Waals surface area contributed by atoms with Crippen LogP contribution in [0.25, 0.3) is 11.0 Å². The van der Waals surface area contributed by atoms with Gasteiger partial charge >= 0.3 is 0 Å². The molecular formula is C28H29N7O6S. The van der Waals surface area contributed by atoms with Crippen molar-refractivity contribution in [1.82, 2.24) is 24.9 Å². The van der Waals surface area contributed by atoms with E-state index in [1.165, 1.54) is 11.8 Å². The molecular weight excluding hydrogens is 562 g/mol. The maximum Gasteiger partial charge on any atom is 0.233 e. The maximum atomic E-state index is 5.49. The van der Waals surface area contributed by atoms with Crippen LogP contribution in [0, 0.1) is 0 Å². The average molecular weight is 592 g/mol. The van der Waals surface area contributed by atoms with Crippen LogP contribution >= 0.6 is 11.8 Å². The Morgan fingerprint density at radius 3 is 1.50 bits per heavy atom. The third kappa shape index (κ3) is 5.98. The zero-order valence-corrected chi connectivity index (χ0v) is 24.6. The van der Waals surface area contributed by atoms with Crippen molar-refractivity contribution in [2.24, 2.45) is 0 Å². The highest BCUT2D eigenvalue weighted by molar-refractivity contribution is 7.99. The van der Waals surface area contributed by atoms with E-state index < -0.39 is 0 Å². The summed E-state index contributed by atoms with van der Waals surface area (Å²) in [5.74, 6) is 3.34. The van der Waals surface area contributed by atoms with Gasteiger partial charge in [0.1, 0.15) is 0 Å². The van der Waals surface area contributed by atoms with Crippen LogP contribution in [-0.4, -0.2) is 67.6 Å². The van der Waals surface area contributed by atoms with Gasteiger partial charge in [-0.3, -0.25) is 0 Å². The molecule has 3 N–H and O–H groups in total. The van der Waals surface area contributed by atoms with Crippen LogP contribution in [0.3, 0.4) is 0 Å². The predicted octanol–water partition coefficient (Wildman–Crippen LogP) is 5.44. The zero-order chi connectivity index (χ0) is 29.6. The highest BCUT2D eigenvalue weighted by atomic mass is 32.2. The minimum absolute atomic E-state index is 0.257. The fourth-order valence-corrected chi connectivity index (χ4v) is 4.88. The molecule has 14 heteroatoms. The Labute approximate surface area is 245 Å². The summed E-state index contributed by atoms with van der Waals surface area (Å²) in [6.45, 7) is 0. The Morgan fingerprint density at radius 1 is 0.595 bits per heavy atom. The number of hydrogen-bond donors (Lipinski definition) is 3. The Hall–Kier alpha value is -5.11. The summed E-state index contributed by atoms with van der Waals surface area (Å²) in [7, 11) is 9.28. The van der Waals surface area contributed by atoms with Gasteiger partial charge in [0, 0.05) is 35.6 Å². The van der Waals surface area contributed by atoms with E-state index in [0.717, 1.165) is 11.0 Å². The van der Waals surface area contributed by atoms with Gasteiger partial charge in [0.25, 0.3) is 0 Å². The minimum atomic E-state index is 0.257. The Kier molecular flexibility index (Phi) is 8.52. The summed E-state index contributed by atoms with van der Waals surface area (Å²) in [6.07, 6.45) is 0. The molecule has 0 atom stereocenters. The van der Waals surface area contributed by atoms with Crippen LogP contribution in [0.2, 0.25) is 0 Å². The summed E-state index contributed by atoms with van der Waals surface area (Å²) in [5, 5.41) is 7.44. The molecule has 0 spiro atoms. The first kappa shape index (κ1) is 28.4. The average Bonchev–Trinajstić information content (AvgIpc) is 3.42. The van der Waals surface area contributed by atoms with Crippen molar-refractivity contribution in [2.75, 3.05) is 53.3 Å². The van der Waals surface area contributed by atoms with Crippen molar-refractivity contribution in [3.05, 3.63) is 48.5 Å². The molecule has 0 aliphatic rings. The van der Waals surface area contributed by atoms with E-state index in [1.54, 1.807) is 66.9 Å². The molecule has 0 radical (unpaired) electrons. The van der Waals surface area contributed by atoms with E-state index in [0.29, 0.717) is 56.2 Å². The molecule has 5 aromatic rings. The lowest BCUT2D eigenvalue weighted by molar-refractivity contribution is 0.324. The minimum Gasteiger partial charge on any atom is -0.493 e. The van der Waals surface area contributed by atoms with E-state index in [-0.39, 0.29) is 11.9 Å². The van der Waals surface area contributed by atoms with Crippen molar-refractivity contribution in [1.29, 1.82) is 0 Å². The first-order valence-electron chi connectivity index (χ1n) is 12.5. The van der Waals surface area contributed by atoms with E-state index in [1.807, 2.05) is 24.3 Å². The van der Waals surface area contributed by atoms with Gasteiger partial charge in [0.05, 0.1) is 53.7 Å². The highest BCUT2D eigenvalue weighted by Gasteiger charge is 2.18. The van der Waals surface area contributed by atoms with Gasteiger partial charge in [-0.1, -0.05) is 12.1 Å². The van der Waals surface area contributed by atoms with Crippen LogP contribution in [0.15, 0.2) is 58.8 Å². The summed E-state index contributed by atoms with van der Waals surface area (Å²) in [6, 6.07) is 14.8. The molecule has 218 valence electrons. The topological polar surface area (TPSA) is 147 Å². The van der Waals surface area contributed by atoms with Gasteiger partial charge < -0.3 is 44.0 Å². The third-order valence-electron chi connectivity index (χ3n) is 6.01. The lowest BCUT2D eigenvalue weighted by atomic mass is 10.2. The van der Waals surface area contributed by atoms with Crippen LogP contribution < -0.4 is 39.1 Å². The first-order valence-corrected chi connectivity index (χ1v) is 13.3. The van der Waals surface area contributed by atoms with Gasteiger partial charge in [0.2, 0.25) is 28.6 Å². The van der Waals surface area contributed by atoms with Crippen molar-refractivity contribution in [3.63, 3.8) is 0 Å². The normalized spacial score (nSPS) is 10.7. The summed E-state index contributed by atoms with van der Waals surface area (Å²) in [4.78, 5) is 21.8. The second-order valence-electron chi connectivity index (χ2n) is 8.50. The van der Waals surface area contributed by atoms with Crippen molar-refractivity contribution in [3.8, 4) is 34.5 Å². The van der Waals surface area contributed by atoms with Gasteiger partial charge in [-0.05, 0) is 23.9 Å². The summed E-state index contributed by atoms with van der Waals surface area (Å²) >= 11 is 1.26. The number of fused-ring (bicyclic) bond motifs is 1. The number of ether oxygens (including phenoxy) is 6. The van der Waals surface area contributed by atoms with Crippen LogP contribution in [0.1, 0.15) is 0 Å². The standard InChI is InChI=1S/C28H29N7O6S/c1-36-19-11-15(12-20(37-2)23(19)40-5)29-25-33-26(30-16-13-21(38-3)24(41-6)22(14-16)39-4)35-28(34-25)42-27-31-17-9-7-8-10-18(17)32-27/h7-14H,1-6H3,(H,31,32)(H2,29,30,33,34,35). The second-order valence-corrected chi connectivity index (χ2v) is 9.46. The molecule has 2 aromatic heterocycles. The number of aromatic nitrogens is 5. The smallest absolute Gasteiger partial charge is 0.233 e. The Balaban J connectivity index is 1.54. The van der Waals surface area contributed by atoms with Crippen LogP contribution in [0.5, 0.6) is 34.5 Å². The van der Waals surface area contributed by atoms with Crippen molar-refractivity contribution < 1.29 is 28.4 Å². The fourth-order valence-electron chi connectivity index (χ4n) is 4.14. The molecule has 13 nitrogen and oxygen atoms in total. The molecule has 0 bridgehead atoms. The molecule has 0 saturated heterocycles. The Morgan fingerprint density at radius 2 is 1.07 bits per heavy atom. The van der Waals surface area contributed by atoms with Crippen LogP contribution in [0.4, 0.5) is 23.3 Å².